The van der Waals surface area contributed by atoms with Crippen LogP contribution in [0.3, 0.4) is 0 Å². The van der Waals surface area contributed by atoms with E-state index in [1.54, 1.807) is 0 Å². The first-order valence-corrected chi connectivity index (χ1v) is 27.9. The van der Waals surface area contributed by atoms with Crippen LogP contribution in [0.25, 0.3) is 32.7 Å². The molecule has 0 saturated heterocycles. The van der Waals surface area contributed by atoms with E-state index in [1.165, 1.54) is 64.5 Å². The molecule has 0 amide bonds. The Hall–Kier alpha value is -2.74. The third-order valence-corrected chi connectivity index (χ3v) is 13.6. The number of fused-ring (bicyclic) bond motifs is 2. The first-order valence-electron chi connectivity index (χ1n) is 15.9. The Balaban J connectivity index is 0.00000122. The molecule has 0 heterocycles. The van der Waals surface area contributed by atoms with Crippen LogP contribution in [0.1, 0.15) is 0 Å². The summed E-state index contributed by atoms with van der Waals surface area (Å²) < 4.78 is 0. The van der Waals surface area contributed by atoms with Gasteiger partial charge in [-0.2, -0.15) is 0 Å². The van der Waals surface area contributed by atoms with Crippen LogP contribution in [-0.4, -0.2) is 0 Å². The molecule has 0 radical (unpaired) electrons. The van der Waals surface area contributed by atoms with Crippen molar-refractivity contribution in [2.75, 3.05) is 0 Å². The molecule has 0 aliphatic heterocycles. The topological polar surface area (TPSA) is 0 Å². The molecule has 0 aromatic heterocycles. The van der Waals surface area contributed by atoms with Gasteiger partial charge in [-0.1, -0.05) is 194 Å². The maximum Gasteiger partial charge on any atom is -0.000884 e. The van der Waals surface area contributed by atoms with Gasteiger partial charge >= 0.3 is 49.8 Å². The number of hydrogen-bond donors (Lipinski definition) is 0. The van der Waals surface area contributed by atoms with Crippen molar-refractivity contribution in [3.63, 3.8) is 0 Å². The summed E-state index contributed by atoms with van der Waals surface area (Å²) in [7, 11) is -0.814. The largest absolute Gasteiger partial charge is 0.0622 e. The van der Waals surface area contributed by atoms with Gasteiger partial charge in [-0.05, 0) is 80.3 Å². The second-order valence-electron chi connectivity index (χ2n) is 11.4. The van der Waals surface area contributed by atoms with E-state index in [-0.39, 0.29) is 0 Å². The number of rotatable bonds is 7. The van der Waals surface area contributed by atoms with Crippen LogP contribution < -0.4 is 31.8 Å². The van der Waals surface area contributed by atoms with Crippen LogP contribution in [0, 0.1) is 0 Å². The standard InChI is InChI=1S/C44H32P2.2HI.Pd/c1-5-19-35(20-6-1)45(36-21-7-2-8-22-36)41-31-29-33-17-13-15-27-39(33)43(41)44-40-28-16-14-18-34(40)30-32-42(44)46(37-23-9-3-10-24-37)38-25-11-4-12-26-38;;;/h1-32H;2*1H;/q;;;+2/p-2. The van der Waals surface area contributed by atoms with Crippen molar-refractivity contribution in [1.82, 2.24) is 0 Å². The Morgan fingerprint density at radius 2 is 0.571 bits per heavy atom. The first-order chi connectivity index (χ1) is 24.3. The fourth-order valence-corrected chi connectivity index (χ4v) is 11.5. The third-order valence-electron chi connectivity index (χ3n) is 8.60. The van der Waals surface area contributed by atoms with E-state index in [2.05, 4.69) is 233 Å². The van der Waals surface area contributed by atoms with E-state index < -0.39 is 15.8 Å². The smallest absolute Gasteiger partial charge is 0.000884 e. The van der Waals surface area contributed by atoms with Crippen molar-refractivity contribution in [3.05, 3.63) is 194 Å². The molecular formula is C44H32I2P2Pd. The van der Waals surface area contributed by atoms with E-state index in [0.717, 1.165) is 10.8 Å². The van der Waals surface area contributed by atoms with E-state index >= 15 is 0 Å². The maximum absolute atomic E-state index is 2.42. The van der Waals surface area contributed by atoms with Crippen LogP contribution in [-0.2, 0) is 10.8 Å². The fraction of sp³-hybridized carbons (Fsp3) is 0. The average molecular weight is 983 g/mol. The molecule has 0 aliphatic rings. The van der Waals surface area contributed by atoms with Gasteiger partial charge in [0.15, 0.2) is 0 Å². The van der Waals surface area contributed by atoms with Crippen molar-refractivity contribution in [1.29, 1.82) is 0 Å². The quantitative estimate of drug-likeness (QED) is 0.0848. The molecule has 8 aromatic carbocycles. The minimum atomic E-state index is -0.852. The molecule has 0 bridgehead atoms. The minimum Gasteiger partial charge on any atom is -0.0622 e. The fourth-order valence-electron chi connectivity index (χ4n) is 6.58. The molecule has 0 fully saturated rings. The zero-order valence-electron chi connectivity index (χ0n) is 26.4. The summed E-state index contributed by atoms with van der Waals surface area (Å²) in [6, 6.07) is 71.8. The van der Waals surface area contributed by atoms with Gasteiger partial charge in [0.05, 0.1) is 0 Å². The molecule has 0 unspecified atom stereocenters. The number of halogens is 2. The Morgan fingerprint density at radius 1 is 0.306 bits per heavy atom. The Morgan fingerprint density at radius 3 is 0.878 bits per heavy atom. The maximum atomic E-state index is 2.42. The normalized spacial score (nSPS) is 11.2. The molecule has 0 N–H and O–H groups in total. The second-order valence-corrected chi connectivity index (χ2v) is 27.8. The van der Waals surface area contributed by atoms with Crippen LogP contribution in [0.15, 0.2) is 194 Å². The van der Waals surface area contributed by atoms with Gasteiger partial charge in [0.2, 0.25) is 0 Å². The number of benzene rings is 8. The van der Waals surface area contributed by atoms with Crippen LogP contribution in [0.4, 0.5) is 0 Å². The van der Waals surface area contributed by atoms with E-state index in [9.17, 15) is 0 Å². The SMILES string of the molecule is [I][Pd][I].c1ccc(P(c2ccccc2)c2ccc3ccccc3c2-c2c(P(c3ccccc3)c3ccccc3)ccc3ccccc23)cc1. The second kappa shape index (κ2) is 17.0. The van der Waals surface area contributed by atoms with Gasteiger partial charge in [-0.25, -0.2) is 0 Å². The van der Waals surface area contributed by atoms with Crippen molar-refractivity contribution in [2.45, 2.75) is 0 Å². The molecule has 0 saturated carbocycles. The third kappa shape index (κ3) is 7.65. The Bertz CT molecular complexity index is 2040. The summed E-state index contributed by atoms with van der Waals surface area (Å²) in [5, 5.41) is 13.3. The summed E-state index contributed by atoms with van der Waals surface area (Å²) in [5.41, 5.74) is 2.70. The first kappa shape index (κ1) is 34.7. The summed E-state index contributed by atoms with van der Waals surface area (Å²) in [5.74, 6) is 0. The average Bonchev–Trinajstić information content (AvgIpc) is 3.17. The van der Waals surface area contributed by atoms with E-state index in [0.29, 0.717) is 0 Å². The van der Waals surface area contributed by atoms with Crippen molar-refractivity contribution in [3.8, 4) is 11.1 Å². The molecule has 0 spiro atoms. The minimum absolute atomic E-state index is 0.852. The Kier molecular flexibility index (Phi) is 12.0. The molecule has 49 heavy (non-hydrogen) atoms. The molecule has 5 heteroatoms. The molecule has 0 aliphatic carbocycles. The van der Waals surface area contributed by atoms with Crippen molar-refractivity contribution < 1.29 is 10.8 Å². The summed E-state index contributed by atoms with van der Waals surface area (Å²) >= 11 is 4.65. The van der Waals surface area contributed by atoms with E-state index in [4.69, 9.17) is 0 Å². The molecule has 0 nitrogen and oxygen atoms in total. The van der Waals surface area contributed by atoms with Gasteiger partial charge < -0.3 is 0 Å². The predicted octanol–water partition coefficient (Wildman–Crippen LogP) is 10.9. The van der Waals surface area contributed by atoms with Gasteiger partial charge in [-0.15, -0.1) is 0 Å². The van der Waals surface area contributed by atoms with Crippen LogP contribution in [0.5, 0.6) is 0 Å². The predicted molar refractivity (Wildman–Crippen MR) is 232 cm³/mol. The number of hydrogen-bond acceptors (Lipinski definition) is 0. The van der Waals surface area contributed by atoms with Crippen LogP contribution in [0.2, 0.25) is 0 Å². The van der Waals surface area contributed by atoms with Gasteiger partial charge in [0.25, 0.3) is 0 Å². The summed E-state index contributed by atoms with van der Waals surface area (Å²) in [6.45, 7) is 0. The zero-order chi connectivity index (χ0) is 33.4. The summed E-state index contributed by atoms with van der Waals surface area (Å²) in [4.78, 5) is 0. The molecule has 8 aromatic rings. The van der Waals surface area contributed by atoms with Gasteiger partial charge in [-0.3, -0.25) is 0 Å². The van der Waals surface area contributed by atoms with Crippen molar-refractivity contribution in [2.24, 2.45) is 0 Å². The van der Waals surface area contributed by atoms with E-state index in [1.807, 2.05) is 0 Å². The molecular weight excluding hydrogens is 951 g/mol. The zero-order valence-corrected chi connectivity index (χ0v) is 34.1. The molecule has 8 rings (SSSR count). The Labute approximate surface area is 321 Å². The van der Waals surface area contributed by atoms with Gasteiger partial charge in [0.1, 0.15) is 0 Å². The van der Waals surface area contributed by atoms with Crippen molar-refractivity contribution >= 4 is 108 Å². The summed E-state index contributed by atoms with van der Waals surface area (Å²) in [6.07, 6.45) is 0. The van der Waals surface area contributed by atoms with Crippen LogP contribution >= 0.6 is 54.9 Å². The molecule has 242 valence electrons. The van der Waals surface area contributed by atoms with Gasteiger partial charge in [0, 0.05) is 0 Å². The monoisotopic (exact) mass is 982 g/mol. The molecule has 0 atom stereocenters.